The fraction of sp³-hybridized carbons (Fsp3) is 0.115. The van der Waals surface area contributed by atoms with Gasteiger partial charge in [0.1, 0.15) is 5.75 Å². The first-order chi connectivity index (χ1) is 16.8. The van der Waals surface area contributed by atoms with Gasteiger partial charge in [0.05, 0.1) is 9.99 Å². The summed E-state index contributed by atoms with van der Waals surface area (Å²) in [5.74, 6) is -0.0128. The largest absolute Gasteiger partial charge is 0.482 e. The van der Waals surface area contributed by atoms with Crippen molar-refractivity contribution in [2.75, 3.05) is 11.9 Å². The Morgan fingerprint density at radius 3 is 2.31 bits per heavy atom. The van der Waals surface area contributed by atoms with E-state index >= 15 is 0 Å². The van der Waals surface area contributed by atoms with Crippen LogP contribution in [0.3, 0.4) is 0 Å². The van der Waals surface area contributed by atoms with E-state index < -0.39 is 5.91 Å². The number of anilines is 1. The Balaban J connectivity index is 1.49. The number of carbonyl (C=O) groups is 2. The van der Waals surface area contributed by atoms with Gasteiger partial charge in [0.2, 0.25) is 0 Å². The van der Waals surface area contributed by atoms with Crippen LogP contribution in [0.5, 0.6) is 5.75 Å². The number of nitrogens with zero attached hydrogens (tertiary/aromatic N) is 1. The highest BCUT2D eigenvalue weighted by molar-refractivity contribution is 9.10. The highest BCUT2D eigenvalue weighted by Crippen LogP contribution is 2.36. The number of carbonyl (C=O) groups excluding carboxylic acids is 2. The van der Waals surface area contributed by atoms with Gasteiger partial charge in [-0.2, -0.15) is 0 Å². The fourth-order valence-corrected chi connectivity index (χ4v) is 4.48. The smallest absolute Gasteiger partial charge is 0.276 e. The first-order valence-electron chi connectivity index (χ1n) is 10.8. The molecular formula is C26H23BrN4O3S. The Kier molecular flexibility index (Phi) is 7.48. The molecule has 0 aliphatic carbocycles. The number of hydrogen-bond acceptors (Lipinski definition) is 4. The van der Waals surface area contributed by atoms with Crippen molar-refractivity contribution >= 4 is 61.5 Å². The zero-order valence-corrected chi connectivity index (χ0v) is 21.5. The number of hydrazine groups is 1. The zero-order chi connectivity index (χ0) is 24.9. The lowest BCUT2D eigenvalue weighted by Gasteiger charge is -2.13. The first-order valence-corrected chi connectivity index (χ1v) is 12.0. The van der Waals surface area contributed by atoms with Crippen LogP contribution in [0.4, 0.5) is 5.69 Å². The van der Waals surface area contributed by atoms with E-state index in [1.807, 2.05) is 78.2 Å². The highest BCUT2D eigenvalue weighted by Gasteiger charge is 2.20. The van der Waals surface area contributed by atoms with Gasteiger partial charge in [-0.05, 0) is 78.4 Å². The van der Waals surface area contributed by atoms with Crippen LogP contribution in [0.1, 0.15) is 23.0 Å². The predicted molar refractivity (Wildman–Crippen MR) is 145 cm³/mol. The number of benzene rings is 3. The molecule has 0 spiro atoms. The van der Waals surface area contributed by atoms with Crippen molar-refractivity contribution in [1.82, 2.24) is 15.4 Å². The average Bonchev–Trinajstić information content (AvgIpc) is 3.13. The number of fused-ring (bicyclic) bond motifs is 1. The van der Waals surface area contributed by atoms with Crippen molar-refractivity contribution in [2.24, 2.45) is 0 Å². The van der Waals surface area contributed by atoms with E-state index in [1.165, 1.54) is 0 Å². The van der Waals surface area contributed by atoms with Crippen LogP contribution < -0.4 is 20.9 Å². The molecule has 0 aliphatic heterocycles. The molecule has 4 rings (SSSR count). The van der Waals surface area contributed by atoms with E-state index in [-0.39, 0.29) is 17.5 Å². The second-order valence-corrected chi connectivity index (χ2v) is 9.03. The molecule has 9 heteroatoms. The minimum atomic E-state index is -0.418. The summed E-state index contributed by atoms with van der Waals surface area (Å²) < 4.78 is 8.47. The van der Waals surface area contributed by atoms with Crippen LogP contribution in [-0.2, 0) is 4.79 Å². The number of thiocarbonyl (C=S) groups is 1. The maximum Gasteiger partial charge on any atom is 0.276 e. The van der Waals surface area contributed by atoms with Crippen molar-refractivity contribution < 1.29 is 14.3 Å². The minimum absolute atomic E-state index is 0.0446. The lowest BCUT2D eigenvalue weighted by Crippen LogP contribution is -2.45. The van der Waals surface area contributed by atoms with Gasteiger partial charge in [-0.3, -0.25) is 20.4 Å². The fourth-order valence-electron chi connectivity index (χ4n) is 3.87. The predicted octanol–water partition coefficient (Wildman–Crippen LogP) is 5.30. The van der Waals surface area contributed by atoms with Gasteiger partial charge in [-0.15, -0.1) is 0 Å². The normalized spacial score (nSPS) is 10.6. The number of nitrogens with one attached hydrogen (secondary N) is 3. The van der Waals surface area contributed by atoms with Crippen molar-refractivity contribution in [1.29, 1.82) is 0 Å². The number of aromatic nitrogens is 1. The molecule has 4 aromatic rings. The van der Waals surface area contributed by atoms with Crippen LogP contribution in [0.25, 0.3) is 16.6 Å². The van der Waals surface area contributed by atoms with Gasteiger partial charge in [-0.25, -0.2) is 0 Å². The summed E-state index contributed by atoms with van der Waals surface area (Å²) in [6.07, 6.45) is 0. The Morgan fingerprint density at radius 1 is 1.00 bits per heavy atom. The molecule has 178 valence electrons. The Labute approximate surface area is 216 Å². The molecule has 1 heterocycles. The molecular weight excluding hydrogens is 528 g/mol. The molecule has 7 nitrogen and oxygen atoms in total. The standard InChI is InChI=1S/C26H23BrN4O3S/c1-16-25(17(2)32)20-13-23(21(27)14-22(20)31(16)19-11-7-4-8-12-19)34-15-24(33)29-30-26(35)28-18-9-5-3-6-10-18/h3-14H,15H2,1-2H3,(H,29,33)(H2,28,30,35). The summed E-state index contributed by atoms with van der Waals surface area (Å²) in [5.41, 5.74) is 9.21. The maximum atomic E-state index is 12.5. The monoisotopic (exact) mass is 550 g/mol. The van der Waals surface area contributed by atoms with Crippen LogP contribution in [0.15, 0.2) is 77.3 Å². The third kappa shape index (κ3) is 5.52. The van der Waals surface area contributed by atoms with Gasteiger partial charge >= 0.3 is 0 Å². The molecule has 0 saturated carbocycles. The van der Waals surface area contributed by atoms with Crippen LogP contribution >= 0.6 is 28.1 Å². The Morgan fingerprint density at radius 2 is 1.66 bits per heavy atom. The van der Waals surface area contributed by atoms with Crippen molar-refractivity contribution in [3.63, 3.8) is 0 Å². The van der Waals surface area contributed by atoms with Crippen LogP contribution in [0.2, 0.25) is 0 Å². The molecule has 3 N–H and O–H groups in total. The molecule has 3 aromatic carbocycles. The number of Topliss-reactive ketones (excluding diaryl/α,β-unsaturated/α-hetero) is 1. The molecule has 0 unspecified atom stereocenters. The van der Waals surface area contributed by atoms with Crippen molar-refractivity contribution in [3.05, 3.63) is 88.5 Å². The lowest BCUT2D eigenvalue weighted by molar-refractivity contribution is -0.123. The van der Waals surface area contributed by atoms with Crippen molar-refractivity contribution in [3.8, 4) is 11.4 Å². The number of hydrogen-bond donors (Lipinski definition) is 3. The summed E-state index contributed by atoms with van der Waals surface area (Å²) in [4.78, 5) is 24.8. The number of ether oxygens (including phenoxy) is 1. The molecule has 0 atom stereocenters. The van der Waals surface area contributed by atoms with E-state index in [0.717, 1.165) is 28.0 Å². The van der Waals surface area contributed by atoms with Gasteiger partial charge < -0.3 is 14.6 Å². The van der Waals surface area contributed by atoms with Gasteiger partial charge in [0.15, 0.2) is 17.5 Å². The lowest BCUT2D eigenvalue weighted by atomic mass is 10.1. The molecule has 0 fully saturated rings. The second-order valence-electron chi connectivity index (χ2n) is 7.77. The van der Waals surface area contributed by atoms with E-state index in [9.17, 15) is 9.59 Å². The summed E-state index contributed by atoms with van der Waals surface area (Å²) in [7, 11) is 0. The van der Waals surface area contributed by atoms with Gasteiger partial charge in [0, 0.05) is 28.0 Å². The summed E-state index contributed by atoms with van der Waals surface area (Å²) >= 11 is 8.72. The third-order valence-electron chi connectivity index (χ3n) is 5.33. The van der Waals surface area contributed by atoms with E-state index in [0.29, 0.717) is 15.8 Å². The van der Waals surface area contributed by atoms with Crippen LogP contribution in [0, 0.1) is 6.92 Å². The molecule has 1 aromatic heterocycles. The first kappa shape index (κ1) is 24.4. The number of ketones is 1. The quantitative estimate of drug-likeness (QED) is 0.171. The molecule has 0 bridgehead atoms. The Hall–Kier alpha value is -3.69. The Bertz CT molecular complexity index is 1400. The molecule has 1 amide bonds. The van der Waals surface area contributed by atoms with Gasteiger partial charge in [-0.1, -0.05) is 36.4 Å². The molecule has 0 radical (unpaired) electrons. The number of amides is 1. The molecule has 0 saturated heterocycles. The van der Waals surface area contributed by atoms with Crippen LogP contribution in [-0.4, -0.2) is 28.0 Å². The molecule has 35 heavy (non-hydrogen) atoms. The SMILES string of the molecule is CC(=O)c1c(C)n(-c2ccccc2)c2cc(Br)c(OCC(=O)NNC(=S)Nc3ccccc3)cc12. The van der Waals surface area contributed by atoms with Gasteiger partial charge in [0.25, 0.3) is 5.91 Å². The summed E-state index contributed by atoms with van der Waals surface area (Å²) in [5, 5.41) is 3.96. The van der Waals surface area contributed by atoms with E-state index in [4.69, 9.17) is 17.0 Å². The zero-order valence-electron chi connectivity index (χ0n) is 19.1. The third-order valence-corrected chi connectivity index (χ3v) is 6.15. The maximum absolute atomic E-state index is 12.5. The van der Waals surface area contributed by atoms with E-state index in [1.54, 1.807) is 13.0 Å². The highest BCUT2D eigenvalue weighted by atomic mass is 79.9. The molecule has 0 aliphatic rings. The number of halogens is 1. The van der Waals surface area contributed by atoms with E-state index in [2.05, 4.69) is 32.1 Å². The average molecular weight is 551 g/mol. The topological polar surface area (TPSA) is 84.4 Å². The number of rotatable bonds is 6. The number of para-hydroxylation sites is 2. The summed E-state index contributed by atoms with van der Waals surface area (Å²) in [6, 6.07) is 22.9. The van der Waals surface area contributed by atoms with Crippen molar-refractivity contribution in [2.45, 2.75) is 13.8 Å². The summed E-state index contributed by atoms with van der Waals surface area (Å²) in [6.45, 7) is 3.22. The minimum Gasteiger partial charge on any atom is -0.482 e. The second kappa shape index (κ2) is 10.7.